The van der Waals surface area contributed by atoms with Crippen molar-refractivity contribution in [3.63, 3.8) is 0 Å². The number of hydrogen-bond donors (Lipinski definition) is 1. The molecule has 3 heterocycles. The van der Waals surface area contributed by atoms with Gasteiger partial charge in [0.05, 0.1) is 11.4 Å². The van der Waals surface area contributed by atoms with Crippen molar-refractivity contribution < 1.29 is 26.9 Å². The van der Waals surface area contributed by atoms with Crippen molar-refractivity contribution in [1.29, 1.82) is 0 Å². The lowest BCUT2D eigenvalue weighted by molar-refractivity contribution is -0.141. The first-order chi connectivity index (χ1) is 16.6. The van der Waals surface area contributed by atoms with Crippen LogP contribution in [0.3, 0.4) is 0 Å². The molecule has 3 aromatic rings. The highest BCUT2D eigenvalue weighted by Gasteiger charge is 2.38. The minimum absolute atomic E-state index is 0. The van der Waals surface area contributed by atoms with Crippen LogP contribution in [0.4, 0.5) is 28.0 Å². The molecule has 0 unspecified atom stereocenters. The van der Waals surface area contributed by atoms with Crippen molar-refractivity contribution in [2.45, 2.75) is 50.1 Å². The zero-order chi connectivity index (χ0) is 24.8. The number of likely N-dealkylation sites (tertiary alicyclic amines) is 1. The largest absolute Gasteiger partial charge is 0.433 e. The number of carbonyl (C=O) groups is 1. The van der Waals surface area contributed by atoms with E-state index >= 15 is 0 Å². The lowest BCUT2D eigenvalue weighted by Crippen LogP contribution is -2.45. The Morgan fingerprint density at radius 3 is 2.50 bits per heavy atom. The van der Waals surface area contributed by atoms with Crippen LogP contribution in [-0.2, 0) is 11.6 Å². The number of hydrogen-bond acceptors (Lipinski definition) is 4. The van der Waals surface area contributed by atoms with E-state index in [1.165, 1.54) is 24.3 Å². The number of aromatic nitrogens is 2. The summed E-state index contributed by atoms with van der Waals surface area (Å²) in [5.74, 6) is 0.708. The maximum absolute atomic E-state index is 14.7. The van der Waals surface area contributed by atoms with E-state index in [1.807, 2.05) is 6.07 Å². The normalized spacial score (nSPS) is 17.4. The fourth-order valence-electron chi connectivity index (χ4n) is 4.39. The first kappa shape index (κ1) is 25.9. The van der Waals surface area contributed by atoms with Crippen LogP contribution in [0.1, 0.15) is 55.7 Å². The van der Waals surface area contributed by atoms with Crippen LogP contribution >= 0.6 is 12.4 Å². The third-order valence-electron chi connectivity index (χ3n) is 6.89. The number of para-hydroxylation sites is 1. The molecular weight excluding hydrogens is 500 g/mol. The molecule has 2 aliphatic rings. The highest BCUT2D eigenvalue weighted by molar-refractivity contribution is 5.94. The monoisotopic (exact) mass is 524 g/mol. The number of nitrogens with one attached hydrogen (secondary N) is 1. The molecule has 5 rings (SSSR count). The topological polar surface area (TPSA) is 71.3 Å². The molecule has 2 amide bonds. The number of anilines is 1. The zero-order valence-corrected chi connectivity index (χ0v) is 20.3. The Hall–Kier alpha value is -3.14. The minimum Gasteiger partial charge on any atom is -0.361 e. The predicted octanol–water partition coefficient (Wildman–Crippen LogP) is 6.78. The lowest BCUT2D eigenvalue weighted by atomic mass is 9.77. The van der Waals surface area contributed by atoms with E-state index in [0.29, 0.717) is 31.8 Å². The van der Waals surface area contributed by atoms with E-state index < -0.39 is 23.7 Å². The number of pyridine rings is 1. The van der Waals surface area contributed by atoms with Gasteiger partial charge in [-0.15, -0.1) is 12.4 Å². The summed E-state index contributed by atoms with van der Waals surface area (Å²) >= 11 is 0. The van der Waals surface area contributed by atoms with E-state index in [0.717, 1.165) is 36.6 Å². The van der Waals surface area contributed by atoms with Gasteiger partial charge in [-0.25, -0.2) is 9.18 Å². The average Bonchev–Trinajstić information content (AvgIpc) is 3.56. The molecule has 0 bridgehead atoms. The first-order valence-electron chi connectivity index (χ1n) is 11.5. The predicted molar refractivity (Wildman–Crippen MR) is 128 cm³/mol. The number of rotatable bonds is 4. The molecule has 192 valence electrons. The van der Waals surface area contributed by atoms with Crippen molar-refractivity contribution in [2.24, 2.45) is 0 Å². The van der Waals surface area contributed by atoms with Crippen LogP contribution in [-0.4, -0.2) is 34.2 Å². The van der Waals surface area contributed by atoms with Crippen molar-refractivity contribution in [2.75, 3.05) is 18.4 Å². The van der Waals surface area contributed by atoms with Gasteiger partial charge in [0.15, 0.2) is 0 Å². The highest BCUT2D eigenvalue weighted by Crippen LogP contribution is 2.43. The van der Waals surface area contributed by atoms with Gasteiger partial charge >= 0.3 is 12.2 Å². The van der Waals surface area contributed by atoms with Gasteiger partial charge in [0.25, 0.3) is 0 Å². The SMILES string of the molecule is CC1(c2cc(C3CC3)on2)CCN(C(=O)Nc2c(F)cccc2-c2ccc(C(F)(F)F)nc2)CC1.Cl. The molecule has 36 heavy (non-hydrogen) atoms. The van der Waals surface area contributed by atoms with E-state index in [9.17, 15) is 22.4 Å². The van der Waals surface area contributed by atoms with E-state index in [2.05, 4.69) is 22.4 Å². The Morgan fingerprint density at radius 1 is 1.17 bits per heavy atom. The molecule has 1 aliphatic carbocycles. The second-order valence-corrected chi connectivity index (χ2v) is 9.46. The Bertz CT molecular complexity index is 1230. The highest BCUT2D eigenvalue weighted by atomic mass is 35.5. The third-order valence-corrected chi connectivity index (χ3v) is 6.89. The number of urea groups is 1. The van der Waals surface area contributed by atoms with Gasteiger partial charge in [-0.2, -0.15) is 13.2 Å². The molecule has 0 radical (unpaired) electrons. The molecule has 1 saturated carbocycles. The maximum Gasteiger partial charge on any atom is 0.433 e. The molecule has 1 aliphatic heterocycles. The fraction of sp³-hybridized carbons (Fsp3) is 0.400. The molecule has 2 aromatic heterocycles. The molecule has 1 N–H and O–H groups in total. The number of nitrogens with zero attached hydrogens (tertiary/aromatic N) is 3. The van der Waals surface area contributed by atoms with Crippen molar-refractivity contribution >= 4 is 24.1 Å². The molecule has 11 heteroatoms. The molecule has 1 aromatic carbocycles. The number of carbonyl (C=O) groups excluding carboxylic acids is 1. The van der Waals surface area contributed by atoms with Crippen molar-refractivity contribution in [3.8, 4) is 11.1 Å². The van der Waals surface area contributed by atoms with Gasteiger partial charge in [0.1, 0.15) is 17.3 Å². The summed E-state index contributed by atoms with van der Waals surface area (Å²) in [6.45, 7) is 2.99. The van der Waals surface area contributed by atoms with Crippen LogP contribution in [0.2, 0.25) is 0 Å². The van der Waals surface area contributed by atoms with Crippen LogP contribution in [0, 0.1) is 5.82 Å². The van der Waals surface area contributed by atoms with E-state index in [4.69, 9.17) is 4.52 Å². The van der Waals surface area contributed by atoms with Gasteiger partial charge in [0, 0.05) is 47.8 Å². The second-order valence-electron chi connectivity index (χ2n) is 9.46. The molecule has 2 fully saturated rings. The van der Waals surface area contributed by atoms with E-state index in [1.54, 1.807) is 4.90 Å². The summed E-state index contributed by atoms with van der Waals surface area (Å²) in [6.07, 6.45) is 0.0346. The molecule has 6 nitrogen and oxygen atoms in total. The minimum atomic E-state index is -4.58. The Kier molecular flexibility index (Phi) is 7.01. The smallest absolute Gasteiger partial charge is 0.361 e. The average molecular weight is 525 g/mol. The van der Waals surface area contributed by atoms with Crippen LogP contribution in [0.15, 0.2) is 47.1 Å². The quantitative estimate of drug-likeness (QED) is 0.382. The van der Waals surface area contributed by atoms with Gasteiger partial charge in [-0.1, -0.05) is 30.3 Å². The van der Waals surface area contributed by atoms with Gasteiger partial charge in [-0.3, -0.25) is 4.98 Å². The first-order valence-corrected chi connectivity index (χ1v) is 11.5. The number of benzene rings is 1. The molecular formula is C25H25ClF4N4O2. The summed E-state index contributed by atoms with van der Waals surface area (Å²) in [4.78, 5) is 18.0. The summed E-state index contributed by atoms with van der Waals surface area (Å²) in [7, 11) is 0. The zero-order valence-electron chi connectivity index (χ0n) is 19.4. The lowest BCUT2D eigenvalue weighted by Gasteiger charge is -2.38. The fourth-order valence-corrected chi connectivity index (χ4v) is 4.39. The number of alkyl halides is 3. The molecule has 0 spiro atoms. The number of piperidine rings is 1. The summed E-state index contributed by atoms with van der Waals surface area (Å²) in [6, 6.07) is 7.73. The van der Waals surface area contributed by atoms with Gasteiger partial charge in [-0.05, 0) is 37.8 Å². The number of amides is 2. The summed E-state index contributed by atoms with van der Waals surface area (Å²) in [5, 5.41) is 6.88. The standard InChI is InChI=1S/C25H24F4N4O2.ClH/c1-24(21-13-19(35-32-21)15-5-6-15)9-11-33(12-10-24)23(34)31-22-17(3-2-4-18(22)26)16-7-8-20(30-14-16)25(27,28)29;/h2-4,7-8,13-15H,5-6,9-12H2,1H3,(H,31,34);1H. The Morgan fingerprint density at radius 2 is 1.89 bits per heavy atom. The number of halogens is 5. The van der Waals surface area contributed by atoms with Crippen molar-refractivity contribution in [3.05, 3.63) is 65.6 Å². The Labute approximate surface area is 211 Å². The maximum atomic E-state index is 14.7. The van der Waals surface area contributed by atoms with Gasteiger partial charge in [0.2, 0.25) is 0 Å². The molecule has 1 saturated heterocycles. The van der Waals surface area contributed by atoms with Crippen molar-refractivity contribution in [1.82, 2.24) is 15.0 Å². The molecule has 0 atom stereocenters. The second kappa shape index (κ2) is 9.72. The summed E-state index contributed by atoms with van der Waals surface area (Å²) < 4.78 is 58.8. The third kappa shape index (κ3) is 5.18. The van der Waals surface area contributed by atoms with Gasteiger partial charge < -0.3 is 14.7 Å². The van der Waals surface area contributed by atoms with Crippen LogP contribution in [0.25, 0.3) is 11.1 Å². The van der Waals surface area contributed by atoms with Crippen LogP contribution < -0.4 is 5.32 Å². The van der Waals surface area contributed by atoms with Crippen LogP contribution in [0.5, 0.6) is 0 Å². The Balaban J connectivity index is 0.00000304. The van der Waals surface area contributed by atoms with E-state index in [-0.39, 0.29) is 34.6 Å². The summed E-state index contributed by atoms with van der Waals surface area (Å²) in [5.41, 5.74) is 0.0374.